The second kappa shape index (κ2) is 12.9. The molecular weight excluding hydrogens is 594 g/mol. The van der Waals surface area contributed by atoms with Gasteiger partial charge < -0.3 is 14.2 Å². The summed E-state index contributed by atoms with van der Waals surface area (Å²) in [5, 5.41) is 3.00. The van der Waals surface area contributed by atoms with Crippen LogP contribution in [0.15, 0.2) is 24.3 Å². The average molecular weight is 623 g/mol. The van der Waals surface area contributed by atoms with E-state index in [1.165, 1.54) is 0 Å². The Morgan fingerprint density at radius 3 is 2.75 bits per heavy atom. The monoisotopic (exact) mass is 623 g/mol. The van der Waals surface area contributed by atoms with Gasteiger partial charge in [0.05, 0.1) is 13.7 Å². The maximum Gasteiger partial charge on any atom is -0.0195 e. The molecule has 2 N–H and O–H groups in total. The quantitative estimate of drug-likeness (QED) is 0.198. The number of benzene rings is 1. The van der Waals surface area contributed by atoms with Crippen molar-refractivity contribution >= 4 is 44.7 Å². The zero-order chi connectivity index (χ0) is 20.4. The van der Waals surface area contributed by atoms with Crippen molar-refractivity contribution in [1.82, 2.24) is 5.09 Å². The van der Waals surface area contributed by atoms with Crippen molar-refractivity contribution in [3.63, 3.8) is 0 Å². The minimum absolute atomic E-state index is 0.0701. The van der Waals surface area contributed by atoms with E-state index in [2.05, 4.69) is 5.09 Å². The van der Waals surface area contributed by atoms with Crippen molar-refractivity contribution in [2.75, 3.05) is 26.9 Å². The summed E-state index contributed by atoms with van der Waals surface area (Å²) < 4.78 is 27.6. The molecule has 4 atom stereocenters. The molecule has 0 aliphatic carbocycles. The summed E-state index contributed by atoms with van der Waals surface area (Å²) in [6.07, 6.45) is 3.17. The van der Waals surface area contributed by atoms with Gasteiger partial charge in [-0.3, -0.25) is 0 Å². The van der Waals surface area contributed by atoms with Crippen LogP contribution in [0, 0.1) is 0 Å². The Bertz CT molecular complexity index is 623. The summed E-state index contributed by atoms with van der Waals surface area (Å²) in [7, 11) is 1.64. The number of methoxy groups -OCH3 is 1. The molecule has 1 fully saturated rings. The Labute approximate surface area is 189 Å². The van der Waals surface area contributed by atoms with Crippen molar-refractivity contribution in [1.29, 1.82) is 0 Å². The summed E-state index contributed by atoms with van der Waals surface area (Å²) in [5.74, 6) is 0.812. The summed E-state index contributed by atoms with van der Waals surface area (Å²) in [5.41, 5.74) is 0.990. The van der Waals surface area contributed by atoms with Crippen LogP contribution >= 0.6 is 6.64 Å². The van der Waals surface area contributed by atoms with Crippen LogP contribution in [0.2, 0.25) is 0 Å². The molecule has 7 nitrogen and oxygen atoms in total. The van der Waals surface area contributed by atoms with Gasteiger partial charge in [-0.05, 0) is 12.1 Å². The van der Waals surface area contributed by atoms with Gasteiger partial charge in [-0.15, -0.1) is 0 Å². The van der Waals surface area contributed by atoms with Crippen LogP contribution in [0.1, 0.15) is 44.5 Å². The Hall–Kier alpha value is 0.352. The van der Waals surface area contributed by atoms with Gasteiger partial charge in [0, 0.05) is 5.56 Å². The third-order valence-corrected chi connectivity index (χ3v) is 7.22. The fourth-order valence-electron chi connectivity index (χ4n) is 2.82. The molecule has 28 heavy (non-hydrogen) atoms. The number of unbranched alkanes of at least 4 members (excludes halogenated alkanes) is 1. The minimum atomic E-state index is -2.94. The molecule has 1 aromatic rings. The standard InChI is InChI=1S/C18H29NO6PS.Tl/c1-14(10-11-20)19-26(21,27)24-12-4-3-5-17-13-23-18(25-17)15-6-8-16(22-2)9-7-15;/h6-9,14,17-18H,3-5,10-13H2,1-2H3,(H2,19,21,27);/q-1;+1. The first-order valence-electron chi connectivity index (χ1n) is 9.41. The van der Waals surface area contributed by atoms with Gasteiger partial charge in [0.1, 0.15) is 5.75 Å². The van der Waals surface area contributed by atoms with E-state index in [1.54, 1.807) is 7.11 Å². The van der Waals surface area contributed by atoms with Crippen molar-refractivity contribution in [3.8, 4) is 5.75 Å². The van der Waals surface area contributed by atoms with Gasteiger partial charge >= 0.3 is 120 Å². The van der Waals surface area contributed by atoms with Crippen LogP contribution in [0.4, 0.5) is 0 Å². The average Bonchev–Trinajstić information content (AvgIpc) is 3.14. The van der Waals surface area contributed by atoms with E-state index in [-0.39, 0.29) is 18.4 Å². The van der Waals surface area contributed by atoms with Crippen LogP contribution in [0.5, 0.6) is 5.75 Å². The molecule has 1 aromatic carbocycles. The summed E-state index contributed by atoms with van der Waals surface area (Å²) in [6.45, 7) is 0.740. The van der Waals surface area contributed by atoms with Crippen molar-refractivity contribution in [2.24, 2.45) is 0 Å². The molecule has 4 unspecified atom stereocenters. The van der Waals surface area contributed by atoms with Gasteiger partial charge in [0.15, 0.2) is 6.29 Å². The third kappa shape index (κ3) is 9.01. The molecule has 0 amide bonds. The molecule has 156 valence electrons. The number of hydrogen-bond donors (Lipinski definition) is 2. The van der Waals surface area contributed by atoms with E-state index in [9.17, 15) is 4.89 Å². The number of hydrogen-bond acceptors (Lipinski definition) is 6. The second-order valence-electron chi connectivity index (χ2n) is 6.74. The third-order valence-electron chi connectivity index (χ3n) is 4.38. The molecule has 0 bridgehead atoms. The van der Waals surface area contributed by atoms with Gasteiger partial charge in [0.2, 0.25) is 0 Å². The smallest absolute Gasteiger partial charge is 0.0195 e. The first-order valence-corrected chi connectivity index (χ1v) is 13.9. The van der Waals surface area contributed by atoms with Crippen LogP contribution in [0.3, 0.4) is 0 Å². The maximum absolute atomic E-state index is 10.2. The van der Waals surface area contributed by atoms with E-state index < -0.39 is 6.64 Å². The molecule has 1 saturated heterocycles. The van der Waals surface area contributed by atoms with Crippen molar-refractivity contribution in [3.05, 3.63) is 29.8 Å². The van der Waals surface area contributed by atoms with E-state index >= 15 is 0 Å². The second-order valence-corrected chi connectivity index (χ2v) is 11.1. The normalized spacial score (nSPS) is 22.6. The molecule has 1 aliphatic rings. The summed E-state index contributed by atoms with van der Waals surface area (Å²) in [4.78, 5) is 10.2. The van der Waals surface area contributed by atoms with E-state index in [0.717, 1.165) is 37.0 Å². The summed E-state index contributed by atoms with van der Waals surface area (Å²) >= 11 is 5.70. The SMILES string of the molecule is COc1ccc(C2OCC(CCCCOP(O)(=S)NC(C)CC[O][Tl])O2)cc1. The molecule has 1 heterocycles. The molecule has 0 aromatic heterocycles. The van der Waals surface area contributed by atoms with Crippen LogP contribution < -0.4 is 9.82 Å². The number of ether oxygens (including phenoxy) is 3. The Morgan fingerprint density at radius 2 is 2.07 bits per heavy atom. The predicted octanol–water partition coefficient (Wildman–Crippen LogP) is 2.98. The molecule has 0 spiro atoms. The topological polar surface area (TPSA) is 78.4 Å². The molecule has 10 heteroatoms. The van der Waals surface area contributed by atoms with E-state index in [1.807, 2.05) is 31.2 Å². The van der Waals surface area contributed by atoms with Crippen LogP contribution in [0.25, 0.3) is 0 Å². The Morgan fingerprint density at radius 1 is 1.32 bits per heavy atom. The number of nitrogens with one attached hydrogen (secondary N) is 1. The predicted molar refractivity (Wildman–Crippen MR) is 112 cm³/mol. The molecular formula is C18H29NO6PSTl. The largest absolute Gasteiger partial charge is 0.343 e. The fourth-order valence-corrected chi connectivity index (χ4v) is 5.25. The van der Waals surface area contributed by atoms with E-state index in [4.69, 9.17) is 33.2 Å². The first kappa shape index (κ1) is 24.6. The van der Waals surface area contributed by atoms with Crippen LogP contribution in [-0.4, -0.2) is 70.2 Å². The zero-order valence-electron chi connectivity index (χ0n) is 16.4. The fraction of sp³-hybridized carbons (Fsp3) is 0.667. The minimum Gasteiger partial charge on any atom is -0.343 e. The zero-order valence-corrected chi connectivity index (χ0v) is 22.6. The Kier molecular flexibility index (Phi) is 11.4. The van der Waals surface area contributed by atoms with Gasteiger partial charge in [-0.25, -0.2) is 0 Å². The number of rotatable bonds is 13. The van der Waals surface area contributed by atoms with E-state index in [0.29, 0.717) is 46.0 Å². The molecule has 0 saturated carbocycles. The first-order chi connectivity index (χ1) is 13.4. The molecule has 2 rings (SSSR count). The maximum atomic E-state index is 10.2. The summed E-state index contributed by atoms with van der Waals surface area (Å²) in [6, 6.07) is 7.79. The van der Waals surface area contributed by atoms with Gasteiger partial charge in [-0.1, -0.05) is 12.1 Å². The Balaban J connectivity index is 1.60. The molecule has 0 radical (unpaired) electrons. The van der Waals surface area contributed by atoms with Gasteiger partial charge in [0.25, 0.3) is 0 Å². The van der Waals surface area contributed by atoms with Crippen molar-refractivity contribution in [2.45, 2.75) is 51.0 Å². The van der Waals surface area contributed by atoms with Crippen molar-refractivity contribution < 1.29 is 26.3 Å². The van der Waals surface area contributed by atoms with Crippen LogP contribution in [-0.2, 0) is 28.5 Å². The van der Waals surface area contributed by atoms with Gasteiger partial charge in [-0.2, -0.15) is 0 Å². The molecule has 1 aliphatic heterocycles.